The van der Waals surface area contributed by atoms with E-state index in [0.29, 0.717) is 16.0 Å². The first-order valence-corrected chi connectivity index (χ1v) is 8.25. The van der Waals surface area contributed by atoms with E-state index in [1.54, 1.807) is 11.4 Å². The number of nitrogens with zero attached hydrogens (tertiary/aromatic N) is 1. The van der Waals surface area contributed by atoms with Crippen LogP contribution in [0.4, 0.5) is 8.78 Å². The molecule has 7 nitrogen and oxygen atoms in total. The fraction of sp³-hybridized carbons (Fsp3) is 0.400. The highest BCUT2D eigenvalue weighted by Crippen LogP contribution is 2.35. The summed E-state index contributed by atoms with van der Waals surface area (Å²) in [6.07, 6.45) is -2.83. The Bertz CT molecular complexity index is 826. The van der Waals surface area contributed by atoms with Crippen molar-refractivity contribution in [2.45, 2.75) is 18.9 Å². The first kappa shape index (κ1) is 17.3. The molecular formula is C15H15F2N3O4S. The van der Waals surface area contributed by atoms with Crippen LogP contribution in [-0.4, -0.2) is 43.0 Å². The number of hydrogen-bond acceptors (Lipinski definition) is 6. The summed E-state index contributed by atoms with van der Waals surface area (Å²) in [6.45, 7) is -0.103. The van der Waals surface area contributed by atoms with Crippen LogP contribution in [0.25, 0.3) is 10.2 Å². The number of carbonyl (C=O) groups is 2. The molecule has 2 aromatic heterocycles. The van der Waals surface area contributed by atoms with Crippen molar-refractivity contribution in [1.82, 2.24) is 10.3 Å². The van der Waals surface area contributed by atoms with Crippen LogP contribution in [0, 0.1) is 5.92 Å². The zero-order chi connectivity index (χ0) is 18.1. The predicted octanol–water partition coefficient (Wildman–Crippen LogP) is 1.55. The summed E-state index contributed by atoms with van der Waals surface area (Å²) in [5.74, 6) is -1.75. The van der Waals surface area contributed by atoms with E-state index in [2.05, 4.69) is 10.3 Å². The first-order chi connectivity index (χ1) is 11.9. The van der Waals surface area contributed by atoms with Crippen molar-refractivity contribution in [1.29, 1.82) is 0 Å². The Morgan fingerprint density at radius 3 is 2.96 bits per heavy atom. The number of aromatic nitrogens is 1. The summed E-state index contributed by atoms with van der Waals surface area (Å²) in [4.78, 5) is 27.0. The monoisotopic (exact) mass is 371 g/mol. The molecule has 0 saturated carbocycles. The summed E-state index contributed by atoms with van der Waals surface area (Å²) in [6, 6.07) is 0.773. The molecule has 2 atom stereocenters. The molecule has 1 aliphatic rings. The van der Waals surface area contributed by atoms with E-state index in [0.717, 1.165) is 0 Å². The van der Waals surface area contributed by atoms with E-state index in [9.17, 15) is 18.4 Å². The van der Waals surface area contributed by atoms with Crippen LogP contribution >= 0.6 is 11.3 Å². The number of carbonyl (C=O) groups excluding carboxylic acids is 2. The molecule has 3 rings (SSSR count). The fourth-order valence-corrected chi connectivity index (χ4v) is 3.55. The van der Waals surface area contributed by atoms with E-state index < -0.39 is 30.2 Å². The lowest BCUT2D eigenvalue weighted by molar-refractivity contribution is -0.119. The molecule has 25 heavy (non-hydrogen) atoms. The SMILES string of the molecule is COc1nc2c(OC[C@H]3NC(=O)CC3C(F)F)csc2cc1C(N)=O. The maximum Gasteiger partial charge on any atom is 0.254 e. The number of ether oxygens (including phenoxy) is 2. The van der Waals surface area contributed by atoms with Gasteiger partial charge in [0.2, 0.25) is 18.2 Å². The van der Waals surface area contributed by atoms with E-state index in [4.69, 9.17) is 15.2 Å². The Morgan fingerprint density at radius 2 is 2.32 bits per heavy atom. The number of fused-ring (bicyclic) bond motifs is 1. The average Bonchev–Trinajstić information content (AvgIpc) is 3.14. The molecule has 3 heterocycles. The third kappa shape index (κ3) is 3.34. The van der Waals surface area contributed by atoms with Gasteiger partial charge in [-0.2, -0.15) is 0 Å². The number of nitrogens with two attached hydrogens (primary N) is 1. The number of alkyl halides is 2. The number of rotatable bonds is 6. The number of methoxy groups -OCH3 is 1. The number of pyridine rings is 1. The van der Waals surface area contributed by atoms with Gasteiger partial charge in [0, 0.05) is 11.8 Å². The highest BCUT2D eigenvalue weighted by atomic mass is 32.1. The van der Waals surface area contributed by atoms with Crippen LogP contribution in [0.2, 0.25) is 0 Å². The van der Waals surface area contributed by atoms with Crippen molar-refractivity contribution in [3.63, 3.8) is 0 Å². The molecule has 0 aliphatic carbocycles. The van der Waals surface area contributed by atoms with E-state index >= 15 is 0 Å². The lowest BCUT2D eigenvalue weighted by Gasteiger charge is -2.18. The van der Waals surface area contributed by atoms with Crippen molar-refractivity contribution in [2.24, 2.45) is 11.7 Å². The maximum atomic E-state index is 13.0. The van der Waals surface area contributed by atoms with Gasteiger partial charge in [-0.25, -0.2) is 13.8 Å². The number of hydrogen-bond donors (Lipinski definition) is 2. The lowest BCUT2D eigenvalue weighted by Crippen LogP contribution is -2.37. The third-order valence-electron chi connectivity index (χ3n) is 3.96. The number of primary amides is 1. The summed E-state index contributed by atoms with van der Waals surface area (Å²) >= 11 is 1.27. The molecule has 0 spiro atoms. The Morgan fingerprint density at radius 1 is 1.56 bits per heavy atom. The average molecular weight is 371 g/mol. The zero-order valence-electron chi connectivity index (χ0n) is 13.1. The molecule has 134 valence electrons. The minimum atomic E-state index is -2.61. The minimum absolute atomic E-state index is 0.0582. The van der Waals surface area contributed by atoms with Gasteiger partial charge in [0.25, 0.3) is 5.91 Å². The number of amides is 2. The molecule has 1 saturated heterocycles. The Kier molecular flexibility index (Phi) is 4.71. The van der Waals surface area contributed by atoms with Crippen LogP contribution in [-0.2, 0) is 4.79 Å². The molecule has 1 unspecified atom stereocenters. The van der Waals surface area contributed by atoms with Crippen LogP contribution < -0.4 is 20.5 Å². The molecule has 2 amide bonds. The van der Waals surface area contributed by atoms with E-state index in [-0.39, 0.29) is 24.5 Å². The van der Waals surface area contributed by atoms with Gasteiger partial charge in [0.1, 0.15) is 17.7 Å². The molecule has 0 bridgehead atoms. The highest BCUT2D eigenvalue weighted by molar-refractivity contribution is 7.17. The molecule has 0 radical (unpaired) electrons. The second-order valence-electron chi connectivity index (χ2n) is 5.54. The van der Waals surface area contributed by atoms with Crippen molar-refractivity contribution in [3.8, 4) is 11.6 Å². The molecule has 0 aromatic carbocycles. The topological polar surface area (TPSA) is 104 Å². The van der Waals surface area contributed by atoms with Gasteiger partial charge < -0.3 is 20.5 Å². The molecule has 1 fully saturated rings. The zero-order valence-corrected chi connectivity index (χ0v) is 13.9. The second kappa shape index (κ2) is 6.79. The van der Waals surface area contributed by atoms with Gasteiger partial charge in [-0.3, -0.25) is 9.59 Å². The summed E-state index contributed by atoms with van der Waals surface area (Å²) in [7, 11) is 1.36. The molecule has 1 aliphatic heterocycles. The Balaban J connectivity index is 1.82. The van der Waals surface area contributed by atoms with Gasteiger partial charge in [-0.05, 0) is 6.07 Å². The van der Waals surface area contributed by atoms with Gasteiger partial charge in [0.05, 0.1) is 23.8 Å². The van der Waals surface area contributed by atoms with Crippen molar-refractivity contribution >= 4 is 33.4 Å². The molecular weight excluding hydrogens is 356 g/mol. The minimum Gasteiger partial charge on any atom is -0.488 e. The summed E-state index contributed by atoms with van der Waals surface area (Å²) < 4.78 is 37.3. The fourth-order valence-electron chi connectivity index (χ4n) is 2.69. The third-order valence-corrected chi connectivity index (χ3v) is 4.86. The number of halogens is 2. The Hall–Kier alpha value is -2.49. The number of nitrogens with one attached hydrogen (secondary N) is 1. The van der Waals surface area contributed by atoms with Gasteiger partial charge in [-0.15, -0.1) is 11.3 Å². The molecule has 3 N–H and O–H groups in total. The van der Waals surface area contributed by atoms with E-state index in [1.165, 1.54) is 18.4 Å². The van der Waals surface area contributed by atoms with Crippen molar-refractivity contribution in [2.75, 3.05) is 13.7 Å². The number of thiophene rings is 1. The predicted molar refractivity (Wildman–Crippen MR) is 86.2 cm³/mol. The van der Waals surface area contributed by atoms with Crippen molar-refractivity contribution < 1.29 is 27.8 Å². The second-order valence-corrected chi connectivity index (χ2v) is 6.45. The van der Waals surface area contributed by atoms with Crippen LogP contribution in [0.15, 0.2) is 11.4 Å². The van der Waals surface area contributed by atoms with Gasteiger partial charge in [0.15, 0.2) is 5.75 Å². The maximum absolute atomic E-state index is 13.0. The van der Waals surface area contributed by atoms with Gasteiger partial charge in [-0.1, -0.05) is 0 Å². The normalized spacial score (nSPS) is 20.1. The van der Waals surface area contributed by atoms with Gasteiger partial charge >= 0.3 is 0 Å². The standard InChI is InChI=1S/C15H15F2N3O4S/c1-23-15-7(14(18)22)2-10-12(20-15)9(5-25-10)24-4-8-6(13(16)17)3-11(21)19-8/h2,5-6,8,13H,3-4H2,1H3,(H2,18,22)(H,19,21)/t6?,8-/m1/s1. The Labute approximate surface area is 145 Å². The summed E-state index contributed by atoms with van der Waals surface area (Å²) in [5, 5.41) is 4.14. The molecule has 2 aromatic rings. The highest BCUT2D eigenvalue weighted by Gasteiger charge is 2.39. The largest absolute Gasteiger partial charge is 0.488 e. The van der Waals surface area contributed by atoms with Crippen molar-refractivity contribution in [3.05, 3.63) is 17.0 Å². The lowest BCUT2D eigenvalue weighted by atomic mass is 10.0. The van der Waals surface area contributed by atoms with E-state index in [1.807, 2.05) is 0 Å². The smallest absolute Gasteiger partial charge is 0.254 e. The van der Waals surface area contributed by atoms with Crippen LogP contribution in [0.5, 0.6) is 11.6 Å². The summed E-state index contributed by atoms with van der Waals surface area (Å²) in [5.41, 5.74) is 5.87. The molecule has 10 heteroatoms. The van der Waals surface area contributed by atoms with Crippen LogP contribution in [0.1, 0.15) is 16.8 Å². The quantitative estimate of drug-likeness (QED) is 0.802. The van der Waals surface area contributed by atoms with Crippen LogP contribution in [0.3, 0.4) is 0 Å². The first-order valence-electron chi connectivity index (χ1n) is 7.37.